The summed E-state index contributed by atoms with van der Waals surface area (Å²) in [6.45, 7) is 2.51. The summed E-state index contributed by atoms with van der Waals surface area (Å²) in [6, 6.07) is 16.3. The standard InChI is InChI=1S/C22H28N2O6S/c1-18(20-9-11-21(28-3)12-10-20)24(31(27)23(2)13-14-29-17-25)15-22(26)30-16-19-7-5-4-6-8-19/h4-12,17-18H,13-16H2,1-3H3. The Morgan fingerprint density at radius 2 is 1.81 bits per heavy atom. The number of likely N-dealkylation sites (N-methyl/N-ethyl adjacent to an activating group) is 1. The number of ether oxygens (including phenoxy) is 3. The van der Waals surface area contributed by atoms with Crippen molar-refractivity contribution >= 4 is 23.6 Å². The van der Waals surface area contributed by atoms with E-state index >= 15 is 0 Å². The van der Waals surface area contributed by atoms with Gasteiger partial charge in [0.1, 0.15) is 25.5 Å². The number of benzene rings is 2. The van der Waals surface area contributed by atoms with Gasteiger partial charge in [-0.2, -0.15) is 4.31 Å². The van der Waals surface area contributed by atoms with Gasteiger partial charge in [0, 0.05) is 19.6 Å². The van der Waals surface area contributed by atoms with Crippen molar-refractivity contribution in [1.82, 2.24) is 8.61 Å². The number of rotatable bonds is 13. The largest absolute Gasteiger partial charge is 0.497 e. The molecule has 31 heavy (non-hydrogen) atoms. The number of hydrogen-bond donors (Lipinski definition) is 0. The molecule has 0 amide bonds. The first kappa shape index (κ1) is 24.5. The van der Waals surface area contributed by atoms with Crippen LogP contribution < -0.4 is 4.74 Å². The SMILES string of the molecule is COc1ccc(C(C)N(CC(=O)OCc2ccccc2)S(=O)N(C)CCOC=O)cc1. The van der Waals surface area contributed by atoms with Crippen LogP contribution >= 0.6 is 0 Å². The highest BCUT2D eigenvalue weighted by Gasteiger charge is 2.27. The number of hydrogen-bond acceptors (Lipinski definition) is 6. The second-order valence-corrected chi connectivity index (χ2v) is 8.27. The van der Waals surface area contributed by atoms with E-state index in [1.54, 1.807) is 14.2 Å². The first-order valence-electron chi connectivity index (χ1n) is 9.74. The van der Waals surface area contributed by atoms with E-state index in [9.17, 15) is 13.8 Å². The molecule has 0 saturated carbocycles. The van der Waals surface area contributed by atoms with E-state index < -0.39 is 17.1 Å². The maximum Gasteiger partial charge on any atom is 0.321 e. The molecule has 0 fully saturated rings. The second-order valence-electron chi connectivity index (χ2n) is 6.72. The molecule has 9 heteroatoms. The Kier molecular flexibility index (Phi) is 10.2. The highest BCUT2D eigenvalue weighted by atomic mass is 32.2. The first-order valence-corrected chi connectivity index (χ1v) is 10.8. The van der Waals surface area contributed by atoms with Crippen molar-refractivity contribution in [2.24, 2.45) is 0 Å². The Bertz CT molecular complexity index is 847. The Morgan fingerprint density at radius 3 is 2.42 bits per heavy atom. The summed E-state index contributed by atoms with van der Waals surface area (Å²) >= 11 is -1.67. The van der Waals surface area contributed by atoms with Crippen molar-refractivity contribution in [2.45, 2.75) is 19.6 Å². The van der Waals surface area contributed by atoms with Gasteiger partial charge in [-0.1, -0.05) is 42.5 Å². The summed E-state index contributed by atoms with van der Waals surface area (Å²) in [5, 5.41) is 0. The van der Waals surface area contributed by atoms with Crippen LogP contribution in [-0.4, -0.2) is 59.1 Å². The van der Waals surface area contributed by atoms with E-state index in [1.165, 1.54) is 8.61 Å². The third kappa shape index (κ3) is 7.78. The minimum absolute atomic E-state index is 0.0922. The molecule has 2 unspecified atom stereocenters. The highest BCUT2D eigenvalue weighted by molar-refractivity contribution is 7.80. The molecule has 0 N–H and O–H groups in total. The normalized spacial score (nSPS) is 12.9. The van der Waals surface area contributed by atoms with Gasteiger partial charge in [0.15, 0.2) is 11.2 Å². The van der Waals surface area contributed by atoms with Crippen LogP contribution in [0.5, 0.6) is 5.75 Å². The van der Waals surface area contributed by atoms with Crippen LogP contribution in [0.2, 0.25) is 0 Å². The van der Waals surface area contributed by atoms with Crippen molar-refractivity contribution < 1.29 is 28.0 Å². The van der Waals surface area contributed by atoms with Gasteiger partial charge in [-0.3, -0.25) is 9.59 Å². The van der Waals surface area contributed by atoms with Crippen LogP contribution in [0.1, 0.15) is 24.1 Å². The molecule has 0 spiro atoms. The van der Waals surface area contributed by atoms with Crippen molar-refractivity contribution in [2.75, 3.05) is 33.9 Å². The summed E-state index contributed by atoms with van der Waals surface area (Å²) in [5.74, 6) is 0.212. The number of nitrogens with zero attached hydrogens (tertiary/aromatic N) is 2. The van der Waals surface area contributed by atoms with E-state index in [1.807, 2.05) is 61.5 Å². The van der Waals surface area contributed by atoms with Gasteiger partial charge in [-0.05, 0) is 30.2 Å². The molecule has 2 aromatic rings. The molecule has 0 bridgehead atoms. The first-order chi connectivity index (χ1) is 15.0. The summed E-state index contributed by atoms with van der Waals surface area (Å²) in [7, 11) is 3.21. The smallest absolute Gasteiger partial charge is 0.321 e. The van der Waals surface area contributed by atoms with Gasteiger partial charge < -0.3 is 14.2 Å². The van der Waals surface area contributed by atoms with Crippen molar-refractivity contribution in [1.29, 1.82) is 0 Å². The van der Waals surface area contributed by atoms with Crippen LogP contribution in [0.4, 0.5) is 0 Å². The van der Waals surface area contributed by atoms with Crippen LogP contribution in [0.15, 0.2) is 54.6 Å². The fourth-order valence-corrected chi connectivity index (χ4v) is 3.97. The number of methoxy groups -OCH3 is 1. The van der Waals surface area contributed by atoms with Crippen LogP contribution in [0.25, 0.3) is 0 Å². The van der Waals surface area contributed by atoms with E-state index in [0.717, 1.165) is 11.1 Å². The summed E-state index contributed by atoms with van der Waals surface area (Å²) in [5.41, 5.74) is 1.73. The van der Waals surface area contributed by atoms with Gasteiger partial charge in [-0.15, -0.1) is 0 Å². The van der Waals surface area contributed by atoms with Gasteiger partial charge in [-0.25, -0.2) is 8.51 Å². The lowest BCUT2D eigenvalue weighted by Crippen LogP contribution is -2.42. The highest BCUT2D eigenvalue weighted by Crippen LogP contribution is 2.25. The molecule has 2 atom stereocenters. The Morgan fingerprint density at radius 1 is 1.13 bits per heavy atom. The van der Waals surface area contributed by atoms with Gasteiger partial charge in [0.2, 0.25) is 0 Å². The van der Waals surface area contributed by atoms with Gasteiger partial charge in [0.05, 0.1) is 7.11 Å². The second kappa shape index (κ2) is 12.8. The fourth-order valence-electron chi connectivity index (χ4n) is 2.77. The zero-order valence-corrected chi connectivity index (χ0v) is 18.7. The van der Waals surface area contributed by atoms with Crippen LogP contribution in [-0.2, 0) is 36.8 Å². The van der Waals surface area contributed by atoms with Crippen LogP contribution in [0, 0.1) is 0 Å². The van der Waals surface area contributed by atoms with Gasteiger partial charge in [0.25, 0.3) is 6.47 Å². The van der Waals surface area contributed by atoms with E-state index in [0.29, 0.717) is 12.2 Å². The minimum atomic E-state index is -1.67. The van der Waals surface area contributed by atoms with Crippen molar-refractivity contribution in [3.63, 3.8) is 0 Å². The minimum Gasteiger partial charge on any atom is -0.497 e. The maximum absolute atomic E-state index is 13.2. The molecular formula is C22H28N2O6S. The molecule has 168 valence electrons. The summed E-state index contributed by atoms with van der Waals surface area (Å²) in [4.78, 5) is 22.9. The molecule has 0 radical (unpaired) electrons. The Hall–Kier alpha value is -2.75. The third-order valence-corrected chi connectivity index (χ3v) is 6.18. The molecule has 0 aliphatic rings. The number of esters is 1. The lowest BCUT2D eigenvalue weighted by Gasteiger charge is -2.30. The predicted octanol–water partition coefficient (Wildman–Crippen LogP) is 2.49. The lowest BCUT2D eigenvalue weighted by molar-refractivity contribution is -0.145. The summed E-state index contributed by atoms with van der Waals surface area (Å²) < 4.78 is 31.5. The molecule has 8 nitrogen and oxygen atoms in total. The molecule has 0 aliphatic carbocycles. The topological polar surface area (TPSA) is 85.4 Å². The van der Waals surface area contributed by atoms with Gasteiger partial charge >= 0.3 is 5.97 Å². The van der Waals surface area contributed by atoms with Crippen molar-refractivity contribution in [3.8, 4) is 5.75 Å². The zero-order chi connectivity index (χ0) is 22.6. The predicted molar refractivity (Wildman–Crippen MR) is 117 cm³/mol. The number of carbonyl (C=O) groups is 2. The molecule has 0 aliphatic heterocycles. The maximum atomic E-state index is 13.2. The average Bonchev–Trinajstić information content (AvgIpc) is 2.81. The fraction of sp³-hybridized carbons (Fsp3) is 0.364. The molecule has 0 heterocycles. The molecule has 2 aromatic carbocycles. The average molecular weight is 449 g/mol. The third-order valence-electron chi connectivity index (χ3n) is 4.62. The summed E-state index contributed by atoms with van der Waals surface area (Å²) in [6.07, 6.45) is 0. The molecule has 2 rings (SSSR count). The lowest BCUT2D eigenvalue weighted by atomic mass is 10.1. The molecular weight excluding hydrogens is 420 g/mol. The monoisotopic (exact) mass is 448 g/mol. The number of carbonyl (C=O) groups excluding carboxylic acids is 2. The van der Waals surface area contributed by atoms with E-state index in [4.69, 9.17) is 14.2 Å². The molecule has 0 saturated heterocycles. The quantitative estimate of drug-likeness (QED) is 0.266. The van der Waals surface area contributed by atoms with E-state index in [-0.39, 0.29) is 32.3 Å². The Balaban J connectivity index is 2.12. The Labute approximate surface area is 185 Å². The zero-order valence-electron chi connectivity index (χ0n) is 17.9. The van der Waals surface area contributed by atoms with Crippen LogP contribution in [0.3, 0.4) is 0 Å². The van der Waals surface area contributed by atoms with Crippen molar-refractivity contribution in [3.05, 3.63) is 65.7 Å². The molecule has 0 aromatic heterocycles. The van der Waals surface area contributed by atoms with E-state index in [2.05, 4.69) is 0 Å².